The summed E-state index contributed by atoms with van der Waals surface area (Å²) in [5, 5.41) is 0.460. The Morgan fingerprint density at radius 2 is 1.82 bits per heavy atom. The van der Waals surface area contributed by atoms with E-state index in [4.69, 9.17) is 17.0 Å². The highest BCUT2D eigenvalue weighted by molar-refractivity contribution is 9.10. The molecule has 2 aromatic carbocycles. The van der Waals surface area contributed by atoms with Crippen molar-refractivity contribution in [2.75, 3.05) is 32.8 Å². The zero-order chi connectivity index (χ0) is 23.5. The van der Waals surface area contributed by atoms with E-state index in [-0.39, 0.29) is 17.6 Å². The molecule has 8 nitrogen and oxygen atoms in total. The number of halogens is 1. The van der Waals surface area contributed by atoms with Crippen molar-refractivity contribution in [3.05, 3.63) is 73.2 Å². The van der Waals surface area contributed by atoms with Gasteiger partial charge in [-0.1, -0.05) is 28.1 Å². The summed E-state index contributed by atoms with van der Waals surface area (Å²) in [6.45, 7) is 4.09. The first kappa shape index (κ1) is 23.2. The van der Waals surface area contributed by atoms with E-state index in [1.807, 2.05) is 24.3 Å². The van der Waals surface area contributed by atoms with Gasteiger partial charge in [-0.2, -0.15) is 0 Å². The lowest BCUT2D eigenvalue weighted by molar-refractivity contribution is 0.0570. The fraction of sp³-hybridized carbons (Fsp3) is 0.304. The number of fused-ring (bicyclic) bond motifs is 1. The van der Waals surface area contributed by atoms with Crippen LogP contribution in [0, 0.1) is 4.77 Å². The molecule has 1 N–H and O–H groups in total. The Bertz CT molecular complexity index is 1330. The number of aromatic amines is 1. The number of nitrogens with one attached hydrogen (secondary N) is 1. The van der Waals surface area contributed by atoms with E-state index in [0.717, 1.165) is 10.0 Å². The van der Waals surface area contributed by atoms with Crippen LogP contribution < -0.4 is 5.56 Å². The third-order valence-corrected chi connectivity index (χ3v) is 6.37. The van der Waals surface area contributed by atoms with Crippen LogP contribution in [0.3, 0.4) is 0 Å². The first-order valence-electron chi connectivity index (χ1n) is 10.6. The second kappa shape index (κ2) is 9.88. The molecule has 0 saturated carbocycles. The standard InChI is InChI=1S/C23H23BrN4O4S/c1-2-32-23(31)27-10-8-26(9-11-27)20(29)16-6-7-18-19(13-16)25-22(33)28(21(18)30)14-15-4-3-5-17(24)12-15/h3-7,12-13H,2,8-11,14H2,1H3,(H,25,33). The summed E-state index contributed by atoms with van der Waals surface area (Å²) in [6.07, 6.45) is -0.359. The van der Waals surface area contributed by atoms with E-state index >= 15 is 0 Å². The van der Waals surface area contributed by atoms with Gasteiger partial charge >= 0.3 is 6.09 Å². The maximum absolute atomic E-state index is 13.1. The molecular weight excluding hydrogens is 508 g/mol. The molecule has 1 aliphatic rings. The Morgan fingerprint density at radius 1 is 1.09 bits per heavy atom. The zero-order valence-corrected chi connectivity index (χ0v) is 20.4. The number of carbonyl (C=O) groups is 2. The van der Waals surface area contributed by atoms with E-state index in [0.29, 0.717) is 60.6 Å². The number of aromatic nitrogens is 2. The van der Waals surface area contributed by atoms with Crippen molar-refractivity contribution in [3.8, 4) is 0 Å². The third kappa shape index (κ3) is 5.01. The molecule has 3 aromatic rings. The molecule has 1 aromatic heterocycles. The lowest BCUT2D eigenvalue weighted by Gasteiger charge is -2.34. The average molecular weight is 531 g/mol. The maximum Gasteiger partial charge on any atom is 0.409 e. The molecule has 172 valence electrons. The number of rotatable bonds is 4. The number of hydrogen-bond acceptors (Lipinski definition) is 5. The minimum Gasteiger partial charge on any atom is -0.450 e. The summed E-state index contributed by atoms with van der Waals surface area (Å²) >= 11 is 8.88. The van der Waals surface area contributed by atoms with Crippen molar-refractivity contribution in [1.29, 1.82) is 0 Å². The summed E-state index contributed by atoms with van der Waals surface area (Å²) in [6, 6.07) is 12.7. The van der Waals surface area contributed by atoms with Gasteiger partial charge in [0.1, 0.15) is 0 Å². The number of ether oxygens (including phenoxy) is 1. The molecule has 0 spiro atoms. The van der Waals surface area contributed by atoms with Crippen molar-refractivity contribution in [2.24, 2.45) is 0 Å². The van der Waals surface area contributed by atoms with Crippen LogP contribution in [0.5, 0.6) is 0 Å². The molecule has 1 saturated heterocycles. The summed E-state index contributed by atoms with van der Waals surface area (Å²) in [7, 11) is 0. The lowest BCUT2D eigenvalue weighted by atomic mass is 10.1. The van der Waals surface area contributed by atoms with Gasteiger partial charge in [-0.05, 0) is 55.0 Å². The van der Waals surface area contributed by atoms with Crippen molar-refractivity contribution in [3.63, 3.8) is 0 Å². The van der Waals surface area contributed by atoms with Crippen LogP contribution in [0.2, 0.25) is 0 Å². The zero-order valence-electron chi connectivity index (χ0n) is 18.0. The third-order valence-electron chi connectivity index (χ3n) is 5.55. The quantitative estimate of drug-likeness (QED) is 0.518. The normalized spacial score (nSPS) is 13.9. The number of hydrogen-bond donors (Lipinski definition) is 1. The van der Waals surface area contributed by atoms with Gasteiger partial charge in [-0.3, -0.25) is 14.2 Å². The van der Waals surface area contributed by atoms with Gasteiger partial charge in [0.2, 0.25) is 0 Å². The fourth-order valence-corrected chi connectivity index (χ4v) is 4.54. The van der Waals surface area contributed by atoms with Crippen molar-refractivity contribution >= 4 is 51.1 Å². The molecule has 33 heavy (non-hydrogen) atoms. The SMILES string of the molecule is CCOC(=O)N1CCN(C(=O)c2ccc3c(=O)n(Cc4cccc(Br)c4)c(=S)[nH]c3c2)CC1. The van der Waals surface area contributed by atoms with Gasteiger partial charge in [0.25, 0.3) is 11.5 Å². The summed E-state index contributed by atoms with van der Waals surface area (Å²) in [5.74, 6) is -0.155. The molecule has 0 atom stereocenters. The fourth-order valence-electron chi connectivity index (χ4n) is 3.84. The molecule has 1 fully saturated rings. The highest BCUT2D eigenvalue weighted by Crippen LogP contribution is 2.16. The van der Waals surface area contributed by atoms with E-state index < -0.39 is 0 Å². The Balaban J connectivity index is 1.55. The van der Waals surface area contributed by atoms with Crippen molar-refractivity contribution < 1.29 is 14.3 Å². The number of nitrogens with zero attached hydrogens (tertiary/aromatic N) is 3. The van der Waals surface area contributed by atoms with Crippen LogP contribution in [-0.4, -0.2) is 64.1 Å². The van der Waals surface area contributed by atoms with Crippen LogP contribution in [0.25, 0.3) is 10.9 Å². The van der Waals surface area contributed by atoms with Gasteiger partial charge < -0.3 is 19.5 Å². The van der Waals surface area contributed by atoms with E-state index in [2.05, 4.69) is 20.9 Å². The largest absolute Gasteiger partial charge is 0.450 e. The van der Waals surface area contributed by atoms with Gasteiger partial charge in [0, 0.05) is 36.2 Å². The Hall–Kier alpha value is -2.98. The van der Waals surface area contributed by atoms with E-state index in [9.17, 15) is 14.4 Å². The lowest BCUT2D eigenvalue weighted by Crippen LogP contribution is -2.50. The Kier molecular flexibility index (Phi) is 6.94. The molecule has 2 amide bonds. The second-order valence-corrected chi connectivity index (χ2v) is 8.99. The number of piperazine rings is 1. The van der Waals surface area contributed by atoms with Gasteiger partial charge in [0.15, 0.2) is 4.77 Å². The van der Waals surface area contributed by atoms with Crippen LogP contribution >= 0.6 is 28.1 Å². The van der Waals surface area contributed by atoms with Crippen molar-refractivity contribution in [1.82, 2.24) is 19.4 Å². The number of amides is 2. The molecular formula is C23H23BrN4O4S. The molecule has 2 heterocycles. The first-order chi connectivity index (χ1) is 15.9. The van der Waals surface area contributed by atoms with E-state index in [1.54, 1.807) is 34.9 Å². The van der Waals surface area contributed by atoms with Gasteiger partial charge in [-0.15, -0.1) is 0 Å². The van der Waals surface area contributed by atoms with Crippen LogP contribution in [-0.2, 0) is 11.3 Å². The molecule has 4 rings (SSSR count). The highest BCUT2D eigenvalue weighted by atomic mass is 79.9. The van der Waals surface area contributed by atoms with Gasteiger partial charge in [-0.25, -0.2) is 4.79 Å². The topological polar surface area (TPSA) is 87.6 Å². The van der Waals surface area contributed by atoms with Crippen LogP contribution in [0.4, 0.5) is 4.79 Å². The Morgan fingerprint density at radius 3 is 2.52 bits per heavy atom. The summed E-state index contributed by atoms with van der Waals surface area (Å²) in [5.41, 5.74) is 1.71. The number of benzene rings is 2. The second-order valence-electron chi connectivity index (χ2n) is 7.69. The van der Waals surface area contributed by atoms with Crippen LogP contribution in [0.15, 0.2) is 51.7 Å². The predicted octanol–water partition coefficient (Wildman–Crippen LogP) is 3.78. The predicted molar refractivity (Wildman–Crippen MR) is 131 cm³/mol. The average Bonchev–Trinajstić information content (AvgIpc) is 2.81. The molecule has 0 unspecified atom stereocenters. The number of H-pyrrole nitrogens is 1. The summed E-state index contributed by atoms with van der Waals surface area (Å²) < 4.78 is 7.75. The Labute approximate surface area is 203 Å². The molecule has 1 aliphatic heterocycles. The number of carbonyl (C=O) groups excluding carboxylic acids is 2. The van der Waals surface area contributed by atoms with Crippen LogP contribution in [0.1, 0.15) is 22.8 Å². The molecule has 0 bridgehead atoms. The highest BCUT2D eigenvalue weighted by Gasteiger charge is 2.25. The van der Waals surface area contributed by atoms with E-state index in [1.165, 1.54) is 4.57 Å². The van der Waals surface area contributed by atoms with Crippen molar-refractivity contribution in [2.45, 2.75) is 13.5 Å². The van der Waals surface area contributed by atoms with Gasteiger partial charge in [0.05, 0.1) is 24.1 Å². The summed E-state index contributed by atoms with van der Waals surface area (Å²) in [4.78, 5) is 44.4. The minimum absolute atomic E-state index is 0.155. The molecule has 10 heteroatoms. The maximum atomic E-state index is 13.1. The first-order valence-corrected chi connectivity index (χ1v) is 11.8. The molecule has 0 radical (unpaired) electrons. The molecule has 0 aliphatic carbocycles. The minimum atomic E-state index is -0.359. The smallest absolute Gasteiger partial charge is 0.409 e. The monoisotopic (exact) mass is 530 g/mol.